The molecule has 1 saturated heterocycles. The Bertz CT molecular complexity index is 186. The Balaban J connectivity index is 2.12. The fourth-order valence-electron chi connectivity index (χ4n) is 3.13. The second kappa shape index (κ2) is 2.96. The summed E-state index contributed by atoms with van der Waals surface area (Å²) < 4.78 is 0. The summed E-state index contributed by atoms with van der Waals surface area (Å²) in [5, 5.41) is 2.21. The van der Waals surface area contributed by atoms with Gasteiger partial charge in [0.15, 0.2) is 0 Å². The van der Waals surface area contributed by atoms with Gasteiger partial charge in [-0.1, -0.05) is 25.7 Å². The van der Waals surface area contributed by atoms with E-state index in [9.17, 15) is 0 Å². The molecule has 2 unspecified atom stereocenters. The average molecular weight is 183 g/mol. The first-order valence-corrected chi connectivity index (χ1v) is 5.50. The van der Waals surface area contributed by atoms with Crippen molar-refractivity contribution < 1.29 is 4.84 Å². The molecule has 13 heavy (non-hydrogen) atoms. The lowest BCUT2D eigenvalue weighted by Gasteiger charge is -2.17. The third-order valence-electron chi connectivity index (χ3n) is 4.27. The molecular formula is C11H21NO. The topological polar surface area (TPSA) is 12.2 Å². The first kappa shape index (κ1) is 9.47. The van der Waals surface area contributed by atoms with Crippen LogP contribution in [0, 0.1) is 0 Å². The van der Waals surface area contributed by atoms with Crippen LogP contribution in [-0.4, -0.2) is 23.3 Å². The lowest BCUT2D eigenvalue weighted by molar-refractivity contribution is -0.0755. The van der Waals surface area contributed by atoms with Gasteiger partial charge in [-0.05, 0) is 26.7 Å². The summed E-state index contributed by atoms with van der Waals surface area (Å²) in [5.74, 6) is 0. The molecule has 2 atom stereocenters. The van der Waals surface area contributed by atoms with Crippen LogP contribution < -0.4 is 0 Å². The highest BCUT2D eigenvalue weighted by molar-refractivity contribution is 5.20. The van der Waals surface area contributed by atoms with Gasteiger partial charge in [0.1, 0.15) is 0 Å². The van der Waals surface area contributed by atoms with Gasteiger partial charge in [-0.15, -0.1) is 0 Å². The Morgan fingerprint density at radius 1 is 0.923 bits per heavy atom. The van der Waals surface area contributed by atoms with E-state index < -0.39 is 0 Å². The Kier molecular flexibility index (Phi) is 2.16. The lowest BCUT2D eigenvalue weighted by Crippen LogP contribution is -2.21. The Labute approximate surface area is 81.2 Å². The minimum absolute atomic E-state index is 0.335. The quantitative estimate of drug-likeness (QED) is 0.579. The molecule has 0 aromatic rings. The molecule has 1 heterocycles. The molecule has 0 spiro atoms. The zero-order valence-electron chi connectivity index (χ0n) is 9.10. The van der Waals surface area contributed by atoms with E-state index >= 15 is 0 Å². The highest BCUT2D eigenvalue weighted by Crippen LogP contribution is 2.57. The lowest BCUT2D eigenvalue weighted by atomic mass is 9.84. The van der Waals surface area contributed by atoms with Crippen molar-refractivity contribution in [2.45, 2.75) is 63.5 Å². The van der Waals surface area contributed by atoms with Crippen molar-refractivity contribution in [1.82, 2.24) is 5.06 Å². The normalized spacial score (nSPS) is 50.5. The van der Waals surface area contributed by atoms with Crippen LogP contribution in [0.4, 0.5) is 0 Å². The number of hydroxylamine groups is 2. The van der Waals surface area contributed by atoms with E-state index in [1.165, 1.54) is 38.5 Å². The molecule has 2 rings (SSSR count). The minimum Gasteiger partial charge on any atom is -0.301 e. The Morgan fingerprint density at radius 3 is 1.77 bits per heavy atom. The van der Waals surface area contributed by atoms with Crippen LogP contribution in [0.2, 0.25) is 0 Å². The predicted molar refractivity (Wildman–Crippen MR) is 53.4 cm³/mol. The highest BCUT2D eigenvalue weighted by Gasteiger charge is 2.69. The Morgan fingerprint density at radius 2 is 1.38 bits per heavy atom. The number of hydrogen-bond donors (Lipinski definition) is 0. The molecule has 0 amide bonds. The van der Waals surface area contributed by atoms with Gasteiger partial charge in [-0.25, -0.2) is 0 Å². The smallest absolute Gasteiger partial charge is 0.0645 e. The second-order valence-corrected chi connectivity index (χ2v) is 4.94. The highest BCUT2D eigenvalue weighted by atomic mass is 16.7. The van der Waals surface area contributed by atoms with Gasteiger partial charge in [0.25, 0.3) is 0 Å². The van der Waals surface area contributed by atoms with Crippen LogP contribution >= 0.6 is 0 Å². The minimum atomic E-state index is 0.335. The van der Waals surface area contributed by atoms with Gasteiger partial charge >= 0.3 is 0 Å². The first-order chi connectivity index (χ1) is 6.15. The van der Waals surface area contributed by atoms with E-state index in [0.29, 0.717) is 11.1 Å². The maximum Gasteiger partial charge on any atom is 0.0645 e. The monoisotopic (exact) mass is 183 g/mol. The van der Waals surface area contributed by atoms with Gasteiger partial charge in [-0.3, -0.25) is 0 Å². The van der Waals surface area contributed by atoms with Gasteiger partial charge in [-0.2, -0.15) is 5.06 Å². The molecule has 0 N–H and O–H groups in total. The van der Waals surface area contributed by atoms with E-state index in [1.807, 2.05) is 0 Å². The summed E-state index contributed by atoms with van der Waals surface area (Å²) >= 11 is 0. The summed E-state index contributed by atoms with van der Waals surface area (Å²) in [6, 6.07) is 0. The summed E-state index contributed by atoms with van der Waals surface area (Å²) in [7, 11) is 1.81. The van der Waals surface area contributed by atoms with Crippen LogP contribution in [0.25, 0.3) is 0 Å². The van der Waals surface area contributed by atoms with Crippen molar-refractivity contribution >= 4 is 0 Å². The fourth-order valence-corrected chi connectivity index (χ4v) is 3.13. The molecule has 0 radical (unpaired) electrons. The molecule has 0 aromatic carbocycles. The number of nitrogens with zero attached hydrogens (tertiary/aromatic N) is 1. The molecule has 2 aliphatic rings. The maximum atomic E-state index is 5.46. The average Bonchev–Trinajstić information content (AvgIpc) is 2.51. The van der Waals surface area contributed by atoms with Crippen LogP contribution in [0.1, 0.15) is 52.4 Å². The van der Waals surface area contributed by atoms with E-state index in [0.717, 1.165) is 0 Å². The molecule has 0 bridgehead atoms. The predicted octanol–water partition coefficient (Wildman–Crippen LogP) is 2.74. The Hall–Kier alpha value is -0.0800. The van der Waals surface area contributed by atoms with Gasteiger partial charge < -0.3 is 4.84 Å². The summed E-state index contributed by atoms with van der Waals surface area (Å²) in [6.07, 6.45) is 8.15. The van der Waals surface area contributed by atoms with Crippen molar-refractivity contribution in [2.24, 2.45) is 0 Å². The third kappa shape index (κ3) is 1.15. The van der Waals surface area contributed by atoms with Crippen molar-refractivity contribution in [3.05, 3.63) is 0 Å². The molecule has 2 heteroatoms. The van der Waals surface area contributed by atoms with Crippen molar-refractivity contribution in [1.29, 1.82) is 0 Å². The number of rotatable bonds is 1. The first-order valence-electron chi connectivity index (χ1n) is 5.50. The molecule has 1 aliphatic heterocycles. The molecule has 2 fully saturated rings. The fraction of sp³-hybridized carbons (Fsp3) is 1.00. The molecular weight excluding hydrogens is 162 g/mol. The third-order valence-corrected chi connectivity index (χ3v) is 4.27. The second-order valence-electron chi connectivity index (χ2n) is 4.94. The summed E-state index contributed by atoms with van der Waals surface area (Å²) in [6.45, 7) is 4.70. The van der Waals surface area contributed by atoms with Crippen LogP contribution in [-0.2, 0) is 4.84 Å². The molecule has 1 aliphatic carbocycles. The van der Waals surface area contributed by atoms with Gasteiger partial charge in [0, 0.05) is 0 Å². The van der Waals surface area contributed by atoms with E-state index in [4.69, 9.17) is 4.84 Å². The van der Waals surface area contributed by atoms with Crippen molar-refractivity contribution in [3.63, 3.8) is 0 Å². The SMILES string of the molecule is CON1C2(C)CCCCCCC12C. The van der Waals surface area contributed by atoms with E-state index in [-0.39, 0.29) is 0 Å². The zero-order valence-corrected chi connectivity index (χ0v) is 9.10. The van der Waals surface area contributed by atoms with Gasteiger partial charge in [0.2, 0.25) is 0 Å². The van der Waals surface area contributed by atoms with Crippen molar-refractivity contribution in [2.75, 3.05) is 7.11 Å². The molecule has 76 valence electrons. The van der Waals surface area contributed by atoms with Gasteiger partial charge in [0.05, 0.1) is 18.2 Å². The summed E-state index contributed by atoms with van der Waals surface area (Å²) in [4.78, 5) is 5.46. The summed E-state index contributed by atoms with van der Waals surface area (Å²) in [5.41, 5.74) is 0.671. The standard InChI is InChI=1S/C11H21NO/c1-10-8-6-4-5-7-9-11(10,2)12(10)13-3/h4-9H2,1-3H3. The van der Waals surface area contributed by atoms with Crippen molar-refractivity contribution in [3.8, 4) is 0 Å². The molecule has 0 aromatic heterocycles. The van der Waals surface area contributed by atoms with E-state index in [1.54, 1.807) is 7.11 Å². The molecule has 2 nitrogen and oxygen atoms in total. The van der Waals surface area contributed by atoms with Crippen LogP contribution in [0.3, 0.4) is 0 Å². The number of hydrogen-bond acceptors (Lipinski definition) is 2. The van der Waals surface area contributed by atoms with Crippen LogP contribution in [0.5, 0.6) is 0 Å². The zero-order chi connectivity index (χ0) is 9.53. The van der Waals surface area contributed by atoms with E-state index in [2.05, 4.69) is 18.9 Å². The largest absolute Gasteiger partial charge is 0.301 e. The number of fused-ring (bicyclic) bond motifs is 1. The molecule has 1 saturated carbocycles. The maximum absolute atomic E-state index is 5.46. The van der Waals surface area contributed by atoms with Crippen LogP contribution in [0.15, 0.2) is 0 Å².